The highest BCUT2D eigenvalue weighted by atomic mass is 32.2. The molecule has 4 aliphatic carbocycles. The molecule has 0 aromatic heterocycles. The molecule has 0 saturated heterocycles. The van der Waals surface area contributed by atoms with Gasteiger partial charge in [0.25, 0.3) is 0 Å². The average molecular weight is 451 g/mol. The summed E-state index contributed by atoms with van der Waals surface area (Å²) in [7, 11) is -2.32. The van der Waals surface area contributed by atoms with Gasteiger partial charge in [-0.1, -0.05) is 6.92 Å². The molecule has 10 heteroatoms. The van der Waals surface area contributed by atoms with Gasteiger partial charge in [-0.2, -0.15) is 12.6 Å². The van der Waals surface area contributed by atoms with Crippen LogP contribution >= 0.6 is 12.6 Å². The van der Waals surface area contributed by atoms with Crippen LogP contribution < -0.4 is 5.73 Å². The second-order valence-electron chi connectivity index (χ2n) is 9.17. The van der Waals surface area contributed by atoms with Crippen LogP contribution in [0.1, 0.15) is 45.4 Å². The Balaban J connectivity index is 0.000000227. The molecule has 168 valence electrons. The van der Waals surface area contributed by atoms with Crippen LogP contribution in [0.2, 0.25) is 0 Å². The molecule has 0 heterocycles. The topological polar surface area (TPSA) is 127 Å². The molecule has 0 aromatic rings. The zero-order valence-corrected chi connectivity index (χ0v) is 19.1. The van der Waals surface area contributed by atoms with Gasteiger partial charge in [-0.05, 0) is 56.3 Å². The first-order chi connectivity index (χ1) is 13.3. The highest BCUT2D eigenvalue weighted by Crippen LogP contribution is 2.54. The lowest BCUT2D eigenvalue weighted by atomic mass is 9.53. The van der Waals surface area contributed by atoms with Crippen molar-refractivity contribution in [2.24, 2.45) is 29.4 Å². The lowest BCUT2D eigenvalue weighted by molar-refractivity contribution is -0.166. The van der Waals surface area contributed by atoms with Crippen molar-refractivity contribution in [1.82, 2.24) is 4.31 Å². The summed E-state index contributed by atoms with van der Waals surface area (Å²) in [4.78, 5) is 22.3. The van der Waals surface area contributed by atoms with Crippen molar-refractivity contribution in [3.8, 4) is 0 Å². The largest absolute Gasteiger partial charge is 0.478 e. The predicted octanol–water partition coefficient (Wildman–Crippen LogP) is 1.35. The third-order valence-corrected chi connectivity index (χ3v) is 8.11. The number of nitrogens with two attached hydrogens (primary N) is 1. The molecule has 2 atom stereocenters. The fourth-order valence-corrected chi connectivity index (χ4v) is 5.60. The van der Waals surface area contributed by atoms with Gasteiger partial charge in [0.05, 0.1) is 18.7 Å². The number of carboxylic acids is 1. The number of carbonyl (C=O) groups is 2. The van der Waals surface area contributed by atoms with E-state index in [0.29, 0.717) is 5.54 Å². The quantitative estimate of drug-likeness (QED) is 0.395. The predicted molar refractivity (Wildman–Crippen MR) is 113 cm³/mol. The summed E-state index contributed by atoms with van der Waals surface area (Å²) in [6.45, 7) is 1.10. The molecule has 0 aliphatic heterocycles. The van der Waals surface area contributed by atoms with Gasteiger partial charge in [0.1, 0.15) is 0 Å². The smallest absolute Gasteiger partial charge is 0.346 e. The number of carbonyl (C=O) groups excluding carboxylic acids is 1. The number of nitrogens with zero attached hydrogens (tertiary/aromatic N) is 1. The van der Waals surface area contributed by atoms with Gasteiger partial charge >= 0.3 is 11.9 Å². The van der Waals surface area contributed by atoms with Crippen LogP contribution in [-0.2, 0) is 24.3 Å². The Morgan fingerprint density at radius 2 is 1.66 bits per heavy atom. The number of hydrogen-bond acceptors (Lipinski definition) is 7. The fourth-order valence-electron chi connectivity index (χ4n) is 5.04. The van der Waals surface area contributed by atoms with E-state index in [2.05, 4.69) is 12.6 Å². The van der Waals surface area contributed by atoms with Gasteiger partial charge in [-0.15, -0.1) is 0 Å². The molecule has 29 heavy (non-hydrogen) atoms. The van der Waals surface area contributed by atoms with Gasteiger partial charge in [-0.3, -0.25) is 4.79 Å². The lowest BCUT2D eigenvalue weighted by Gasteiger charge is -2.55. The van der Waals surface area contributed by atoms with Crippen molar-refractivity contribution in [3.63, 3.8) is 0 Å². The van der Waals surface area contributed by atoms with E-state index in [1.807, 2.05) is 0 Å². The number of likely N-dealkylation sites (N-methyl/N-ethyl adjacent to an activating group) is 1. The minimum absolute atomic E-state index is 0.215. The van der Waals surface area contributed by atoms with Gasteiger partial charge in [0.15, 0.2) is 0 Å². The number of sulfonamides is 1. The van der Waals surface area contributed by atoms with Gasteiger partial charge < -0.3 is 15.6 Å². The molecule has 4 fully saturated rings. The van der Waals surface area contributed by atoms with E-state index in [1.54, 1.807) is 0 Å². The average Bonchev–Trinajstić information content (AvgIpc) is 2.57. The second-order valence-corrected chi connectivity index (χ2v) is 11.6. The van der Waals surface area contributed by atoms with Crippen LogP contribution in [0.25, 0.3) is 0 Å². The minimum Gasteiger partial charge on any atom is -0.478 e. The lowest BCUT2D eigenvalue weighted by Crippen LogP contribution is -2.55. The van der Waals surface area contributed by atoms with E-state index in [4.69, 9.17) is 15.6 Å². The first-order valence-corrected chi connectivity index (χ1v) is 12.6. The Morgan fingerprint density at radius 3 is 1.97 bits per heavy atom. The summed E-state index contributed by atoms with van der Waals surface area (Å²) in [5.41, 5.74) is 6.62. The van der Waals surface area contributed by atoms with Gasteiger partial charge in [-0.25, -0.2) is 17.5 Å². The monoisotopic (exact) mass is 450 g/mol. The number of rotatable bonds is 7. The molecule has 4 bridgehead atoms. The molecule has 0 aromatic carbocycles. The van der Waals surface area contributed by atoms with Crippen molar-refractivity contribution in [3.05, 3.63) is 0 Å². The summed E-state index contributed by atoms with van der Waals surface area (Å²) >= 11 is 3.89. The van der Waals surface area contributed by atoms with Crippen LogP contribution in [0.3, 0.4) is 0 Å². The Bertz CT molecular complexity index is 676. The van der Waals surface area contributed by atoms with E-state index >= 15 is 0 Å². The zero-order valence-electron chi connectivity index (χ0n) is 17.4. The van der Waals surface area contributed by atoms with E-state index in [1.165, 1.54) is 52.5 Å². The van der Waals surface area contributed by atoms with Crippen molar-refractivity contribution in [1.29, 1.82) is 0 Å². The van der Waals surface area contributed by atoms with Crippen molar-refractivity contribution < 1.29 is 27.9 Å². The van der Waals surface area contributed by atoms with Crippen LogP contribution in [0.4, 0.5) is 0 Å². The Hall–Kier alpha value is -0.840. The van der Waals surface area contributed by atoms with Crippen molar-refractivity contribution in [2.45, 2.75) is 57.1 Å². The van der Waals surface area contributed by atoms with Crippen LogP contribution in [0.5, 0.6) is 0 Å². The highest BCUT2D eigenvalue weighted by Gasteiger charge is 2.48. The van der Waals surface area contributed by atoms with E-state index in [9.17, 15) is 18.0 Å². The number of aliphatic carboxylic acids is 1. The maximum absolute atomic E-state index is 11.4. The third kappa shape index (κ3) is 6.83. The number of ether oxygens (including phenoxy) is 1. The minimum atomic E-state index is -3.53. The molecule has 1 unspecified atom stereocenters. The van der Waals surface area contributed by atoms with E-state index in [0.717, 1.165) is 28.3 Å². The summed E-state index contributed by atoms with van der Waals surface area (Å²) in [5.74, 6) is 0.597. The summed E-state index contributed by atoms with van der Waals surface area (Å²) in [6, 6.07) is 0. The van der Waals surface area contributed by atoms with E-state index < -0.39 is 40.5 Å². The molecule has 4 rings (SSSR count). The maximum atomic E-state index is 11.4. The van der Waals surface area contributed by atoms with Crippen molar-refractivity contribution >= 4 is 34.6 Å². The molecule has 0 amide bonds. The zero-order chi connectivity index (χ0) is 22.0. The van der Waals surface area contributed by atoms with Gasteiger partial charge in [0.2, 0.25) is 16.1 Å². The van der Waals surface area contributed by atoms with Crippen LogP contribution in [0.15, 0.2) is 0 Å². The Morgan fingerprint density at radius 1 is 1.21 bits per heavy atom. The molecule has 8 nitrogen and oxygen atoms in total. The molecular formula is C19H34N2O6S2. The first-order valence-electron chi connectivity index (χ1n) is 10.1. The molecule has 3 N–H and O–H groups in total. The number of esters is 1. The van der Waals surface area contributed by atoms with Gasteiger partial charge in [0, 0.05) is 18.3 Å². The van der Waals surface area contributed by atoms with E-state index in [-0.39, 0.29) is 5.75 Å². The normalized spacial score (nSPS) is 32.3. The summed E-state index contributed by atoms with van der Waals surface area (Å²) in [6.07, 6.45) is 7.98. The number of carboxylic acid groups (broad SMARTS) is 1. The Labute approximate surface area is 179 Å². The second kappa shape index (κ2) is 9.53. The third-order valence-electron chi connectivity index (χ3n) is 6.28. The highest BCUT2D eigenvalue weighted by molar-refractivity contribution is 7.88. The standard InChI is InChI=1S/C10H17N.C9H17NO6S2/c11-10-4-7-1-8(5-10)3-9(2-7)6-10;1-6(5-17)9(13)16-7(8(11)12)4-10(2)18(3,14)15/h7-9H,1-6,11H2;6-7,17H,4-5H2,1-3H3,(H,11,12)/t;6-,7?/m.1/s1. The molecule has 4 aliphatic rings. The van der Waals surface area contributed by atoms with Crippen LogP contribution in [0, 0.1) is 23.7 Å². The van der Waals surface area contributed by atoms with Crippen LogP contribution in [-0.4, -0.2) is 67.0 Å². The maximum Gasteiger partial charge on any atom is 0.346 e. The molecular weight excluding hydrogens is 416 g/mol. The molecule has 0 radical (unpaired) electrons. The fraction of sp³-hybridized carbons (Fsp3) is 0.895. The Kier molecular flexibility index (Phi) is 8.03. The first kappa shape index (κ1) is 24.4. The van der Waals surface area contributed by atoms with Crippen molar-refractivity contribution in [2.75, 3.05) is 25.6 Å². The SMILES string of the molecule is C[C@H](CS)C(=O)OC(CN(C)S(C)(=O)=O)C(=O)O.NC12CC3CC(CC(C3)C1)C2. The summed E-state index contributed by atoms with van der Waals surface area (Å²) < 4.78 is 27.8. The number of thiol groups is 1. The molecule has 0 spiro atoms. The summed E-state index contributed by atoms with van der Waals surface area (Å²) in [5, 5.41) is 8.87. The molecule has 4 saturated carbocycles. The number of hydrogen-bond donors (Lipinski definition) is 3.